The molecule has 0 fully saturated rings. The highest BCUT2D eigenvalue weighted by atomic mass is 35.5. The second-order valence-electron chi connectivity index (χ2n) is 7.03. The van der Waals surface area contributed by atoms with Crippen LogP contribution in [0.5, 0.6) is 0 Å². The molecule has 0 radical (unpaired) electrons. The minimum atomic E-state index is 0.385. The second kappa shape index (κ2) is 7.68. The van der Waals surface area contributed by atoms with Crippen molar-refractivity contribution < 1.29 is 0 Å². The lowest BCUT2D eigenvalue weighted by molar-refractivity contribution is 0.277. The van der Waals surface area contributed by atoms with E-state index in [9.17, 15) is 0 Å². The summed E-state index contributed by atoms with van der Waals surface area (Å²) in [4.78, 5) is 0. The van der Waals surface area contributed by atoms with E-state index in [0.717, 1.165) is 17.9 Å². The van der Waals surface area contributed by atoms with Crippen LogP contribution in [0.3, 0.4) is 0 Å². The Morgan fingerprint density at radius 3 is 2.35 bits per heavy atom. The summed E-state index contributed by atoms with van der Waals surface area (Å²) in [5.41, 5.74) is 1.55. The van der Waals surface area contributed by atoms with Crippen molar-refractivity contribution in [2.75, 3.05) is 7.05 Å². The van der Waals surface area contributed by atoms with Gasteiger partial charge in [-0.1, -0.05) is 57.0 Å². The van der Waals surface area contributed by atoms with Crippen molar-refractivity contribution in [3.63, 3.8) is 0 Å². The van der Waals surface area contributed by atoms with E-state index in [2.05, 4.69) is 33.0 Å². The Balaban J connectivity index is 2.63. The Labute approximate surface area is 134 Å². The number of benzene rings is 1. The summed E-state index contributed by atoms with van der Waals surface area (Å²) in [5, 5.41) is 4.88. The highest BCUT2D eigenvalue weighted by Crippen LogP contribution is 2.28. The summed E-state index contributed by atoms with van der Waals surface area (Å²) < 4.78 is 0. The molecule has 0 saturated heterocycles. The minimum Gasteiger partial charge on any atom is -0.317 e. The Bertz CT molecular complexity index is 423. The number of likely N-dealkylation sites (N-methyl/N-ethyl adjacent to an activating group) is 1. The number of rotatable bonds is 6. The van der Waals surface area contributed by atoms with Gasteiger partial charge in [-0.3, -0.25) is 0 Å². The third-order valence-corrected chi connectivity index (χ3v) is 4.12. The van der Waals surface area contributed by atoms with Crippen LogP contribution in [0, 0.1) is 11.3 Å². The average molecular weight is 316 g/mol. The van der Waals surface area contributed by atoms with Crippen LogP contribution in [0.15, 0.2) is 18.2 Å². The molecule has 0 amide bonds. The average Bonchev–Trinajstić information content (AvgIpc) is 2.29. The first kappa shape index (κ1) is 17.8. The molecule has 0 aliphatic rings. The SMILES string of the molecule is CNC(Cc1ccc(Cl)cc1Cl)CC(C)CC(C)(C)C. The maximum absolute atomic E-state index is 6.26. The second-order valence-corrected chi connectivity index (χ2v) is 7.87. The molecular formula is C17H27Cl2N. The predicted octanol–water partition coefficient (Wildman–Crippen LogP) is 5.59. The summed E-state index contributed by atoms with van der Waals surface area (Å²) in [6, 6.07) is 6.22. The van der Waals surface area contributed by atoms with Crippen LogP contribution >= 0.6 is 23.2 Å². The van der Waals surface area contributed by atoms with Gasteiger partial charge in [0.05, 0.1) is 0 Å². The van der Waals surface area contributed by atoms with Gasteiger partial charge in [-0.05, 0) is 55.3 Å². The van der Waals surface area contributed by atoms with Gasteiger partial charge in [0.25, 0.3) is 0 Å². The van der Waals surface area contributed by atoms with Crippen LogP contribution < -0.4 is 5.32 Å². The van der Waals surface area contributed by atoms with Crippen LogP contribution in [-0.2, 0) is 6.42 Å². The van der Waals surface area contributed by atoms with Crippen molar-refractivity contribution in [3.8, 4) is 0 Å². The lowest BCUT2D eigenvalue weighted by atomic mass is 9.82. The number of halogens is 2. The van der Waals surface area contributed by atoms with Gasteiger partial charge >= 0.3 is 0 Å². The first-order valence-electron chi connectivity index (χ1n) is 7.32. The molecule has 114 valence electrons. The molecule has 2 unspecified atom stereocenters. The third-order valence-electron chi connectivity index (χ3n) is 3.54. The van der Waals surface area contributed by atoms with Crippen molar-refractivity contribution in [3.05, 3.63) is 33.8 Å². The van der Waals surface area contributed by atoms with E-state index >= 15 is 0 Å². The van der Waals surface area contributed by atoms with Gasteiger partial charge in [0.1, 0.15) is 0 Å². The largest absolute Gasteiger partial charge is 0.317 e. The molecular weight excluding hydrogens is 289 g/mol. The maximum atomic E-state index is 6.26. The molecule has 0 spiro atoms. The molecule has 3 heteroatoms. The van der Waals surface area contributed by atoms with E-state index in [1.807, 2.05) is 25.2 Å². The fraction of sp³-hybridized carbons (Fsp3) is 0.647. The molecule has 0 aliphatic heterocycles. The number of nitrogens with one attached hydrogen (secondary N) is 1. The molecule has 1 aromatic rings. The first-order chi connectivity index (χ1) is 9.21. The third kappa shape index (κ3) is 6.47. The molecule has 20 heavy (non-hydrogen) atoms. The monoisotopic (exact) mass is 315 g/mol. The van der Waals surface area contributed by atoms with Gasteiger partial charge in [-0.15, -0.1) is 0 Å². The predicted molar refractivity (Wildman–Crippen MR) is 90.9 cm³/mol. The topological polar surface area (TPSA) is 12.0 Å². The van der Waals surface area contributed by atoms with Gasteiger partial charge < -0.3 is 5.32 Å². The molecule has 1 rings (SSSR count). The maximum Gasteiger partial charge on any atom is 0.0453 e. The molecule has 1 N–H and O–H groups in total. The fourth-order valence-corrected chi connectivity index (χ4v) is 3.36. The fourth-order valence-electron chi connectivity index (χ4n) is 2.87. The smallest absolute Gasteiger partial charge is 0.0453 e. The van der Waals surface area contributed by atoms with Gasteiger partial charge in [-0.25, -0.2) is 0 Å². The molecule has 0 saturated carbocycles. The highest BCUT2D eigenvalue weighted by Gasteiger charge is 2.19. The van der Waals surface area contributed by atoms with E-state index in [0.29, 0.717) is 22.4 Å². The molecule has 0 aromatic heterocycles. The van der Waals surface area contributed by atoms with Crippen molar-refractivity contribution in [1.82, 2.24) is 5.32 Å². The Kier molecular flexibility index (Phi) is 6.84. The number of hydrogen-bond donors (Lipinski definition) is 1. The summed E-state index contributed by atoms with van der Waals surface area (Å²) >= 11 is 12.2. The van der Waals surface area contributed by atoms with E-state index in [4.69, 9.17) is 23.2 Å². The van der Waals surface area contributed by atoms with Gasteiger partial charge in [0.2, 0.25) is 0 Å². The Morgan fingerprint density at radius 2 is 1.85 bits per heavy atom. The molecule has 0 heterocycles. The van der Waals surface area contributed by atoms with Crippen LogP contribution in [0.4, 0.5) is 0 Å². The first-order valence-corrected chi connectivity index (χ1v) is 8.08. The van der Waals surface area contributed by atoms with E-state index < -0.39 is 0 Å². The van der Waals surface area contributed by atoms with E-state index in [1.54, 1.807) is 0 Å². The van der Waals surface area contributed by atoms with Crippen LogP contribution in [0.25, 0.3) is 0 Å². The van der Waals surface area contributed by atoms with Crippen molar-refractivity contribution in [2.24, 2.45) is 11.3 Å². The number of hydrogen-bond acceptors (Lipinski definition) is 1. The lowest BCUT2D eigenvalue weighted by Crippen LogP contribution is -2.30. The molecule has 2 atom stereocenters. The van der Waals surface area contributed by atoms with Gasteiger partial charge in [0.15, 0.2) is 0 Å². The van der Waals surface area contributed by atoms with Gasteiger partial charge in [0, 0.05) is 16.1 Å². The highest BCUT2D eigenvalue weighted by molar-refractivity contribution is 6.35. The Hall–Kier alpha value is -0.240. The van der Waals surface area contributed by atoms with Crippen molar-refractivity contribution in [1.29, 1.82) is 0 Å². The molecule has 0 aliphatic carbocycles. The van der Waals surface area contributed by atoms with Crippen molar-refractivity contribution >= 4 is 23.2 Å². The van der Waals surface area contributed by atoms with Crippen LogP contribution in [-0.4, -0.2) is 13.1 Å². The zero-order valence-corrected chi connectivity index (χ0v) is 14.8. The normalized spacial score (nSPS) is 15.2. The van der Waals surface area contributed by atoms with E-state index in [-0.39, 0.29) is 0 Å². The molecule has 1 aromatic carbocycles. The molecule has 1 nitrogen and oxygen atoms in total. The van der Waals surface area contributed by atoms with Crippen molar-refractivity contribution in [2.45, 2.75) is 53.0 Å². The summed E-state index contributed by atoms with van der Waals surface area (Å²) in [6.07, 6.45) is 3.34. The zero-order chi connectivity index (χ0) is 15.3. The zero-order valence-electron chi connectivity index (χ0n) is 13.3. The lowest BCUT2D eigenvalue weighted by Gasteiger charge is -2.27. The van der Waals surface area contributed by atoms with Crippen LogP contribution in [0.2, 0.25) is 10.0 Å². The van der Waals surface area contributed by atoms with Crippen LogP contribution in [0.1, 0.15) is 46.1 Å². The quantitative estimate of drug-likeness (QED) is 0.721. The minimum absolute atomic E-state index is 0.385. The standard InChI is InChI=1S/C17H27Cl2N/c1-12(11-17(2,3)4)8-15(20-5)9-13-6-7-14(18)10-16(13)19/h6-7,10,12,15,20H,8-9,11H2,1-5H3. The Morgan fingerprint density at radius 1 is 1.20 bits per heavy atom. The summed E-state index contributed by atoms with van der Waals surface area (Å²) in [5.74, 6) is 0.693. The molecule has 0 bridgehead atoms. The summed E-state index contributed by atoms with van der Waals surface area (Å²) in [6.45, 7) is 9.23. The summed E-state index contributed by atoms with van der Waals surface area (Å²) in [7, 11) is 2.03. The van der Waals surface area contributed by atoms with E-state index in [1.165, 1.54) is 12.0 Å². The van der Waals surface area contributed by atoms with Gasteiger partial charge in [-0.2, -0.15) is 0 Å².